The van der Waals surface area contributed by atoms with E-state index in [2.05, 4.69) is 5.48 Å². The summed E-state index contributed by atoms with van der Waals surface area (Å²) in [4.78, 5) is 30.9. The average molecular weight is 322 g/mol. The highest BCUT2D eigenvalue weighted by Gasteiger charge is 2.35. The van der Waals surface area contributed by atoms with Crippen LogP contribution in [0.4, 0.5) is 10.1 Å². The first-order chi connectivity index (χ1) is 11.1. The van der Waals surface area contributed by atoms with Gasteiger partial charge in [0.25, 0.3) is 0 Å². The molecule has 1 aromatic carbocycles. The number of hydroxylamine groups is 1. The topological polar surface area (TPSA) is 67.9 Å². The van der Waals surface area contributed by atoms with Crippen molar-refractivity contribution in [2.75, 3.05) is 18.1 Å². The van der Waals surface area contributed by atoms with Crippen LogP contribution in [0.25, 0.3) is 0 Å². The smallest absolute Gasteiger partial charge is 0.249 e. The number of carbonyl (C=O) groups is 2. The van der Waals surface area contributed by atoms with Gasteiger partial charge in [-0.25, -0.2) is 14.7 Å². The lowest BCUT2D eigenvalue weighted by molar-refractivity contribution is -0.201. The molecule has 2 fully saturated rings. The number of nitrogens with one attached hydrogen (secondary N) is 1. The van der Waals surface area contributed by atoms with E-state index in [1.807, 2.05) is 0 Å². The van der Waals surface area contributed by atoms with Crippen LogP contribution in [0.2, 0.25) is 0 Å². The minimum Gasteiger partial charge on any atom is -0.350 e. The molecule has 2 heterocycles. The summed E-state index contributed by atoms with van der Waals surface area (Å²) in [5.41, 5.74) is 2.98. The van der Waals surface area contributed by atoms with Gasteiger partial charge in [0, 0.05) is 31.7 Å². The van der Waals surface area contributed by atoms with Crippen LogP contribution in [0.1, 0.15) is 25.7 Å². The van der Waals surface area contributed by atoms with Crippen LogP contribution < -0.4 is 10.4 Å². The first-order valence-corrected chi connectivity index (χ1v) is 7.76. The molecule has 124 valence electrons. The highest BCUT2D eigenvalue weighted by molar-refractivity contribution is 6.00. The van der Waals surface area contributed by atoms with Crippen LogP contribution in [-0.4, -0.2) is 31.3 Å². The second kappa shape index (κ2) is 7.06. The lowest BCUT2D eigenvalue weighted by atomic mass is 10.1. The molecule has 1 aromatic rings. The van der Waals surface area contributed by atoms with E-state index in [0.29, 0.717) is 12.3 Å². The molecule has 7 heteroatoms. The molecule has 2 saturated heterocycles. The molecule has 3 rings (SSSR count). The van der Waals surface area contributed by atoms with Crippen LogP contribution in [0.15, 0.2) is 24.3 Å². The normalized spacial score (nSPS) is 24.7. The molecule has 2 aliphatic rings. The van der Waals surface area contributed by atoms with Gasteiger partial charge in [0.1, 0.15) is 5.82 Å². The van der Waals surface area contributed by atoms with Crippen molar-refractivity contribution in [2.24, 2.45) is 5.92 Å². The van der Waals surface area contributed by atoms with Gasteiger partial charge in [-0.2, -0.15) is 0 Å². The van der Waals surface area contributed by atoms with Crippen LogP contribution in [-0.2, 0) is 19.2 Å². The molecule has 2 amide bonds. The number of rotatable bonds is 4. The fraction of sp³-hybridized carbons (Fsp3) is 0.500. The van der Waals surface area contributed by atoms with E-state index < -0.39 is 12.2 Å². The van der Waals surface area contributed by atoms with Crippen molar-refractivity contribution in [2.45, 2.75) is 32.0 Å². The molecule has 0 radical (unpaired) electrons. The minimum atomic E-state index is -0.490. The Hall–Kier alpha value is -1.99. The van der Waals surface area contributed by atoms with Crippen molar-refractivity contribution >= 4 is 17.5 Å². The van der Waals surface area contributed by atoms with Crippen LogP contribution in [0.3, 0.4) is 0 Å². The highest BCUT2D eigenvalue weighted by atomic mass is 19.1. The van der Waals surface area contributed by atoms with Crippen molar-refractivity contribution in [3.8, 4) is 0 Å². The molecule has 0 bridgehead atoms. The van der Waals surface area contributed by atoms with Crippen LogP contribution in [0.5, 0.6) is 0 Å². The monoisotopic (exact) mass is 322 g/mol. The molecule has 0 aromatic heterocycles. The molecule has 6 nitrogen and oxygen atoms in total. The third-order valence-corrected chi connectivity index (χ3v) is 4.06. The summed E-state index contributed by atoms with van der Waals surface area (Å²) in [5.74, 6) is -1.35. The van der Waals surface area contributed by atoms with E-state index in [0.717, 1.165) is 19.3 Å². The third-order valence-electron chi connectivity index (χ3n) is 4.06. The molecule has 0 unspecified atom stereocenters. The zero-order valence-corrected chi connectivity index (χ0v) is 12.7. The standard InChI is InChI=1S/C16H19FN2O4/c17-12-4-6-13(7-5-12)19-10-11(9-14(19)20)16(21)18-23-15-3-1-2-8-22-15/h4-7,11,15H,1-3,8-10H2,(H,18,21)/t11-,15+/m0/s1. The summed E-state index contributed by atoms with van der Waals surface area (Å²) in [7, 11) is 0. The molecule has 1 N–H and O–H groups in total. The van der Waals surface area contributed by atoms with E-state index in [4.69, 9.17) is 9.57 Å². The second-order valence-corrected chi connectivity index (χ2v) is 5.76. The SMILES string of the molecule is O=C(NO[C@@H]1CCCCO1)[C@H]1CC(=O)N(c2ccc(F)cc2)C1. The summed E-state index contributed by atoms with van der Waals surface area (Å²) >= 11 is 0. The Morgan fingerprint density at radius 3 is 2.78 bits per heavy atom. The zero-order valence-electron chi connectivity index (χ0n) is 12.7. The molecule has 0 aliphatic carbocycles. The summed E-state index contributed by atoms with van der Waals surface area (Å²) < 4.78 is 18.3. The molecule has 0 spiro atoms. The Balaban J connectivity index is 1.54. The van der Waals surface area contributed by atoms with E-state index in [-0.39, 0.29) is 30.6 Å². The minimum absolute atomic E-state index is 0.109. The van der Waals surface area contributed by atoms with Gasteiger partial charge in [0.15, 0.2) is 6.29 Å². The number of hydrogen-bond acceptors (Lipinski definition) is 4. The molecular formula is C16H19FN2O4. The maximum absolute atomic E-state index is 13.0. The summed E-state index contributed by atoms with van der Waals surface area (Å²) in [6.07, 6.45) is 2.43. The van der Waals surface area contributed by atoms with Gasteiger partial charge in [-0.3, -0.25) is 9.59 Å². The predicted molar refractivity (Wildman–Crippen MR) is 79.7 cm³/mol. The van der Waals surface area contributed by atoms with Gasteiger partial charge in [0.05, 0.1) is 5.92 Å². The summed E-state index contributed by atoms with van der Waals surface area (Å²) in [5, 5.41) is 0. The highest BCUT2D eigenvalue weighted by Crippen LogP contribution is 2.25. The Labute approximate surface area is 133 Å². The van der Waals surface area contributed by atoms with E-state index in [1.54, 1.807) is 0 Å². The van der Waals surface area contributed by atoms with Gasteiger partial charge in [0.2, 0.25) is 11.8 Å². The summed E-state index contributed by atoms with van der Waals surface area (Å²) in [6, 6.07) is 5.64. The number of hydrogen-bond donors (Lipinski definition) is 1. The molecular weight excluding hydrogens is 303 g/mol. The van der Waals surface area contributed by atoms with Crippen molar-refractivity contribution in [3.05, 3.63) is 30.1 Å². The predicted octanol–water partition coefficient (Wildman–Crippen LogP) is 1.75. The number of carbonyl (C=O) groups excluding carboxylic acids is 2. The zero-order chi connectivity index (χ0) is 16.2. The van der Waals surface area contributed by atoms with Gasteiger partial charge in [-0.05, 0) is 37.1 Å². The Morgan fingerprint density at radius 2 is 2.09 bits per heavy atom. The van der Waals surface area contributed by atoms with Crippen molar-refractivity contribution < 1.29 is 23.6 Å². The summed E-state index contributed by atoms with van der Waals surface area (Å²) in [6.45, 7) is 0.881. The van der Waals surface area contributed by atoms with Crippen molar-refractivity contribution in [1.82, 2.24) is 5.48 Å². The average Bonchev–Trinajstić information content (AvgIpc) is 2.96. The quantitative estimate of drug-likeness (QED) is 0.858. The first-order valence-electron chi connectivity index (χ1n) is 7.76. The Morgan fingerprint density at radius 1 is 1.30 bits per heavy atom. The number of amides is 2. The Bertz CT molecular complexity index is 572. The van der Waals surface area contributed by atoms with Gasteiger partial charge in [-0.15, -0.1) is 0 Å². The van der Waals surface area contributed by atoms with Crippen LogP contribution in [0, 0.1) is 11.7 Å². The number of halogens is 1. The molecule has 23 heavy (non-hydrogen) atoms. The number of benzene rings is 1. The number of anilines is 1. The molecule has 2 aliphatic heterocycles. The van der Waals surface area contributed by atoms with Crippen molar-refractivity contribution in [3.63, 3.8) is 0 Å². The fourth-order valence-electron chi connectivity index (χ4n) is 2.77. The van der Waals surface area contributed by atoms with E-state index in [1.165, 1.54) is 29.2 Å². The molecule has 0 saturated carbocycles. The number of ether oxygens (including phenoxy) is 1. The van der Waals surface area contributed by atoms with Gasteiger partial charge >= 0.3 is 0 Å². The maximum atomic E-state index is 13.0. The van der Waals surface area contributed by atoms with E-state index in [9.17, 15) is 14.0 Å². The first kappa shape index (κ1) is 15.9. The number of nitrogens with zero attached hydrogens (tertiary/aromatic N) is 1. The third kappa shape index (κ3) is 3.86. The fourth-order valence-corrected chi connectivity index (χ4v) is 2.77. The lowest BCUT2D eigenvalue weighted by Gasteiger charge is -2.23. The lowest BCUT2D eigenvalue weighted by Crippen LogP contribution is -2.37. The second-order valence-electron chi connectivity index (χ2n) is 5.76. The van der Waals surface area contributed by atoms with E-state index >= 15 is 0 Å². The van der Waals surface area contributed by atoms with Crippen molar-refractivity contribution in [1.29, 1.82) is 0 Å². The molecule has 2 atom stereocenters. The maximum Gasteiger partial charge on any atom is 0.249 e. The van der Waals surface area contributed by atoms with Crippen LogP contribution >= 0.6 is 0 Å². The largest absolute Gasteiger partial charge is 0.350 e. The Kier molecular flexibility index (Phi) is 4.88. The van der Waals surface area contributed by atoms with Gasteiger partial charge in [-0.1, -0.05) is 0 Å². The van der Waals surface area contributed by atoms with Gasteiger partial charge < -0.3 is 9.64 Å².